The number of nitro groups is 1. The quantitative estimate of drug-likeness (QED) is 0.462. The van der Waals surface area contributed by atoms with Gasteiger partial charge in [0.25, 0.3) is 5.69 Å². The molecule has 31 heavy (non-hydrogen) atoms. The largest absolute Gasteiger partial charge is 0.355 e. The van der Waals surface area contributed by atoms with E-state index in [1.807, 2.05) is 6.20 Å². The van der Waals surface area contributed by atoms with Gasteiger partial charge in [0.2, 0.25) is 0 Å². The molecule has 2 aliphatic rings. The SMILES string of the molecule is O=[N+]([O-])c1ccc(-c2ncc3c(N4CCCCC4)nnc(N4CCCCC4)c3n2)cc1. The molecule has 160 valence electrons. The summed E-state index contributed by atoms with van der Waals surface area (Å²) >= 11 is 0. The van der Waals surface area contributed by atoms with Crippen molar-refractivity contribution in [2.45, 2.75) is 38.5 Å². The van der Waals surface area contributed by atoms with Crippen LogP contribution in [0.1, 0.15) is 38.5 Å². The van der Waals surface area contributed by atoms with Crippen molar-refractivity contribution >= 4 is 28.2 Å². The summed E-state index contributed by atoms with van der Waals surface area (Å²) in [5.41, 5.74) is 1.60. The molecule has 0 saturated carbocycles. The van der Waals surface area contributed by atoms with Gasteiger partial charge in [-0.3, -0.25) is 10.1 Å². The number of non-ortho nitro benzene ring substituents is 1. The Morgan fingerprint density at radius 2 is 1.39 bits per heavy atom. The third-order valence-electron chi connectivity index (χ3n) is 6.13. The Morgan fingerprint density at radius 3 is 2.00 bits per heavy atom. The average molecular weight is 419 g/mol. The van der Waals surface area contributed by atoms with Crippen LogP contribution in [0.3, 0.4) is 0 Å². The van der Waals surface area contributed by atoms with Gasteiger partial charge >= 0.3 is 0 Å². The molecule has 2 saturated heterocycles. The second-order valence-corrected chi connectivity index (χ2v) is 8.20. The Hall–Kier alpha value is -3.36. The van der Waals surface area contributed by atoms with Crippen LogP contribution in [-0.4, -0.2) is 51.3 Å². The van der Waals surface area contributed by atoms with Gasteiger partial charge in [-0.1, -0.05) is 0 Å². The lowest BCUT2D eigenvalue weighted by molar-refractivity contribution is -0.384. The Bertz CT molecular complexity index is 1090. The molecule has 1 aromatic carbocycles. The molecular formula is C22H25N7O2. The van der Waals surface area contributed by atoms with Gasteiger partial charge in [0.05, 0.1) is 10.3 Å². The lowest BCUT2D eigenvalue weighted by Gasteiger charge is -2.31. The highest BCUT2D eigenvalue weighted by Crippen LogP contribution is 2.33. The van der Waals surface area contributed by atoms with Gasteiger partial charge in [-0.2, -0.15) is 0 Å². The minimum atomic E-state index is -0.403. The first kappa shape index (κ1) is 19.6. The molecule has 3 aromatic rings. The lowest BCUT2D eigenvalue weighted by Crippen LogP contribution is -2.33. The number of nitrogens with zero attached hydrogens (tertiary/aromatic N) is 7. The Balaban J connectivity index is 1.61. The molecule has 2 aromatic heterocycles. The van der Waals surface area contributed by atoms with E-state index in [0.717, 1.165) is 80.0 Å². The number of benzene rings is 1. The molecule has 0 aliphatic carbocycles. The predicted octanol–water partition coefficient (Wildman–Crippen LogP) is 3.98. The molecule has 0 bridgehead atoms. The molecule has 0 amide bonds. The fraction of sp³-hybridized carbons (Fsp3) is 0.455. The first-order valence-corrected chi connectivity index (χ1v) is 11.0. The summed E-state index contributed by atoms with van der Waals surface area (Å²) in [6.45, 7) is 3.83. The maximum absolute atomic E-state index is 11.0. The summed E-state index contributed by atoms with van der Waals surface area (Å²) in [6.07, 6.45) is 8.89. The Morgan fingerprint density at radius 1 is 0.806 bits per heavy atom. The molecule has 0 radical (unpaired) electrons. The van der Waals surface area contributed by atoms with Gasteiger partial charge in [0.15, 0.2) is 17.5 Å². The number of fused-ring (bicyclic) bond motifs is 1. The fourth-order valence-electron chi connectivity index (χ4n) is 4.44. The van der Waals surface area contributed by atoms with Crippen molar-refractivity contribution in [2.24, 2.45) is 0 Å². The molecule has 0 unspecified atom stereocenters. The Kier molecular flexibility index (Phi) is 5.31. The van der Waals surface area contributed by atoms with Crippen LogP contribution >= 0.6 is 0 Å². The zero-order chi connectivity index (χ0) is 21.2. The van der Waals surface area contributed by atoms with Gasteiger partial charge in [0, 0.05) is 50.1 Å². The summed E-state index contributed by atoms with van der Waals surface area (Å²) in [7, 11) is 0. The topological polar surface area (TPSA) is 101 Å². The van der Waals surface area contributed by atoms with E-state index in [-0.39, 0.29) is 5.69 Å². The molecule has 5 rings (SSSR count). The van der Waals surface area contributed by atoms with Crippen LogP contribution in [0.5, 0.6) is 0 Å². The average Bonchev–Trinajstić information content (AvgIpc) is 2.84. The van der Waals surface area contributed by atoms with E-state index in [1.54, 1.807) is 12.1 Å². The van der Waals surface area contributed by atoms with Gasteiger partial charge in [-0.15, -0.1) is 10.2 Å². The minimum Gasteiger partial charge on any atom is -0.355 e. The first-order valence-electron chi connectivity index (χ1n) is 11.0. The molecule has 0 N–H and O–H groups in total. The summed E-state index contributed by atoms with van der Waals surface area (Å²) in [5.74, 6) is 2.20. The highest BCUT2D eigenvalue weighted by molar-refractivity contribution is 5.96. The number of aromatic nitrogens is 4. The second-order valence-electron chi connectivity index (χ2n) is 8.20. The molecule has 9 heteroatoms. The van der Waals surface area contributed by atoms with E-state index < -0.39 is 4.92 Å². The van der Waals surface area contributed by atoms with Gasteiger partial charge in [0.1, 0.15) is 5.52 Å². The summed E-state index contributed by atoms with van der Waals surface area (Å²) < 4.78 is 0. The second kappa shape index (κ2) is 8.41. The molecule has 2 fully saturated rings. The molecule has 0 spiro atoms. The lowest BCUT2D eigenvalue weighted by atomic mass is 10.1. The minimum absolute atomic E-state index is 0.0526. The predicted molar refractivity (Wildman–Crippen MR) is 119 cm³/mol. The van der Waals surface area contributed by atoms with Crippen LogP contribution < -0.4 is 9.80 Å². The van der Waals surface area contributed by atoms with E-state index >= 15 is 0 Å². The van der Waals surface area contributed by atoms with Gasteiger partial charge in [-0.05, 0) is 50.7 Å². The number of rotatable bonds is 4. The van der Waals surface area contributed by atoms with Crippen LogP contribution in [0.2, 0.25) is 0 Å². The van der Waals surface area contributed by atoms with E-state index in [4.69, 9.17) is 4.98 Å². The number of hydrogen-bond acceptors (Lipinski definition) is 8. The maximum atomic E-state index is 11.0. The maximum Gasteiger partial charge on any atom is 0.269 e. The molecular weight excluding hydrogens is 394 g/mol. The first-order chi connectivity index (χ1) is 15.2. The van der Waals surface area contributed by atoms with Crippen molar-refractivity contribution in [3.8, 4) is 11.4 Å². The third kappa shape index (κ3) is 3.87. The Labute approximate surface area is 180 Å². The number of hydrogen-bond donors (Lipinski definition) is 0. The summed E-state index contributed by atoms with van der Waals surface area (Å²) in [4.78, 5) is 24.6. The molecule has 0 atom stereocenters. The standard InChI is InChI=1S/C22H25N7O2/c30-29(31)17-9-7-16(8-10-17)20-23-15-18-19(24-20)22(28-13-5-2-6-14-28)26-25-21(18)27-11-3-1-4-12-27/h7-10,15H,1-6,11-14H2. The van der Waals surface area contributed by atoms with Crippen molar-refractivity contribution in [3.63, 3.8) is 0 Å². The van der Waals surface area contributed by atoms with E-state index in [0.29, 0.717) is 5.82 Å². The highest BCUT2D eigenvalue weighted by Gasteiger charge is 2.23. The van der Waals surface area contributed by atoms with Crippen LogP contribution in [0.25, 0.3) is 22.3 Å². The van der Waals surface area contributed by atoms with Crippen LogP contribution in [0, 0.1) is 10.1 Å². The molecule has 2 aliphatic heterocycles. The zero-order valence-corrected chi connectivity index (χ0v) is 17.4. The van der Waals surface area contributed by atoms with Crippen LogP contribution in [-0.2, 0) is 0 Å². The molecule has 9 nitrogen and oxygen atoms in total. The molecule has 4 heterocycles. The highest BCUT2D eigenvalue weighted by atomic mass is 16.6. The van der Waals surface area contributed by atoms with E-state index in [9.17, 15) is 10.1 Å². The van der Waals surface area contributed by atoms with Crippen LogP contribution in [0.4, 0.5) is 17.3 Å². The third-order valence-corrected chi connectivity index (χ3v) is 6.13. The number of anilines is 2. The van der Waals surface area contributed by atoms with Crippen molar-refractivity contribution in [1.29, 1.82) is 0 Å². The van der Waals surface area contributed by atoms with Gasteiger partial charge in [-0.25, -0.2) is 9.97 Å². The number of piperidine rings is 2. The van der Waals surface area contributed by atoms with Gasteiger partial charge < -0.3 is 9.80 Å². The van der Waals surface area contributed by atoms with Crippen LogP contribution in [0.15, 0.2) is 30.5 Å². The van der Waals surface area contributed by atoms with Crippen molar-refractivity contribution < 1.29 is 4.92 Å². The zero-order valence-electron chi connectivity index (χ0n) is 17.4. The summed E-state index contributed by atoms with van der Waals surface area (Å²) in [6, 6.07) is 6.36. The van der Waals surface area contributed by atoms with E-state index in [1.165, 1.54) is 25.0 Å². The normalized spacial score (nSPS) is 17.2. The van der Waals surface area contributed by atoms with E-state index in [2.05, 4.69) is 25.0 Å². The smallest absolute Gasteiger partial charge is 0.269 e. The van der Waals surface area contributed by atoms with Crippen molar-refractivity contribution in [3.05, 3.63) is 40.6 Å². The fourth-order valence-corrected chi connectivity index (χ4v) is 4.44. The van der Waals surface area contributed by atoms with Crippen molar-refractivity contribution in [2.75, 3.05) is 36.0 Å². The monoisotopic (exact) mass is 419 g/mol. The number of nitro benzene ring substituents is 1. The summed E-state index contributed by atoms with van der Waals surface area (Å²) in [5, 5.41) is 21.2. The van der Waals surface area contributed by atoms with Crippen molar-refractivity contribution in [1.82, 2.24) is 20.2 Å².